The van der Waals surface area contributed by atoms with Gasteiger partial charge in [0.15, 0.2) is 0 Å². The number of hydrogen-bond acceptors (Lipinski definition) is 4. The molecule has 26 heavy (non-hydrogen) atoms. The third kappa shape index (κ3) is 4.34. The van der Waals surface area contributed by atoms with E-state index in [4.69, 9.17) is 4.74 Å². The molecule has 2 atom stereocenters. The third-order valence-electron chi connectivity index (χ3n) is 5.14. The third-order valence-corrected chi connectivity index (χ3v) is 5.14. The summed E-state index contributed by atoms with van der Waals surface area (Å²) in [6, 6.07) is 3.68. The summed E-state index contributed by atoms with van der Waals surface area (Å²) in [6.45, 7) is 7.90. The van der Waals surface area contributed by atoms with Gasteiger partial charge in [0.25, 0.3) is 5.91 Å². The molecule has 2 amide bonds. The van der Waals surface area contributed by atoms with E-state index in [0.717, 1.165) is 38.8 Å². The van der Waals surface area contributed by atoms with Crippen LogP contribution in [0.2, 0.25) is 0 Å². The fourth-order valence-electron chi connectivity index (χ4n) is 4.02. The van der Waals surface area contributed by atoms with Crippen LogP contribution in [0.5, 0.6) is 0 Å². The van der Waals surface area contributed by atoms with Crippen molar-refractivity contribution in [1.82, 2.24) is 14.8 Å². The van der Waals surface area contributed by atoms with Crippen LogP contribution in [0.15, 0.2) is 24.5 Å². The Labute approximate surface area is 155 Å². The van der Waals surface area contributed by atoms with Crippen molar-refractivity contribution in [1.29, 1.82) is 0 Å². The second-order valence-corrected chi connectivity index (χ2v) is 8.27. The van der Waals surface area contributed by atoms with Gasteiger partial charge in [0.1, 0.15) is 5.60 Å². The molecule has 0 N–H and O–H groups in total. The van der Waals surface area contributed by atoms with Crippen molar-refractivity contribution in [2.45, 2.75) is 58.1 Å². The van der Waals surface area contributed by atoms with E-state index in [1.54, 1.807) is 24.5 Å². The number of piperidine rings is 1. The Morgan fingerprint density at radius 1 is 1.12 bits per heavy atom. The first kappa shape index (κ1) is 18.7. The number of amides is 2. The maximum atomic E-state index is 12.8. The van der Waals surface area contributed by atoms with Crippen molar-refractivity contribution in [3.8, 4) is 0 Å². The minimum atomic E-state index is -0.486. The fraction of sp³-hybridized carbons (Fsp3) is 0.650. The normalized spacial score (nSPS) is 23.8. The Balaban J connectivity index is 1.67. The summed E-state index contributed by atoms with van der Waals surface area (Å²) < 4.78 is 5.59. The first-order chi connectivity index (χ1) is 12.3. The number of pyridine rings is 1. The van der Waals surface area contributed by atoms with Crippen molar-refractivity contribution in [3.05, 3.63) is 30.1 Å². The highest BCUT2D eigenvalue weighted by molar-refractivity contribution is 5.94. The number of hydrogen-bond donors (Lipinski definition) is 0. The first-order valence-corrected chi connectivity index (χ1v) is 9.54. The molecule has 2 fully saturated rings. The first-order valence-electron chi connectivity index (χ1n) is 9.54. The molecule has 2 aliphatic heterocycles. The molecule has 0 unspecified atom stereocenters. The lowest BCUT2D eigenvalue weighted by atomic mass is 9.89. The van der Waals surface area contributed by atoms with Crippen LogP contribution in [0.1, 0.15) is 56.8 Å². The number of aromatic nitrogens is 1. The van der Waals surface area contributed by atoms with Crippen molar-refractivity contribution < 1.29 is 14.3 Å². The summed E-state index contributed by atoms with van der Waals surface area (Å²) in [6.07, 6.45) is 7.08. The second kappa shape index (κ2) is 7.64. The Hall–Kier alpha value is -2.11. The number of likely N-dealkylation sites (tertiary alicyclic amines) is 2. The molecule has 2 saturated heterocycles. The highest BCUT2D eigenvalue weighted by atomic mass is 16.6. The molecule has 0 saturated carbocycles. The highest BCUT2D eigenvalue weighted by Crippen LogP contribution is 2.32. The van der Waals surface area contributed by atoms with Gasteiger partial charge in [0.05, 0.1) is 0 Å². The lowest BCUT2D eigenvalue weighted by Gasteiger charge is -2.39. The van der Waals surface area contributed by atoms with E-state index in [-0.39, 0.29) is 18.0 Å². The Morgan fingerprint density at radius 2 is 1.81 bits per heavy atom. The topological polar surface area (TPSA) is 62.7 Å². The summed E-state index contributed by atoms with van der Waals surface area (Å²) in [5.74, 6) is 0.364. The number of nitrogens with zero attached hydrogens (tertiary/aromatic N) is 3. The van der Waals surface area contributed by atoms with Crippen molar-refractivity contribution in [2.24, 2.45) is 5.92 Å². The monoisotopic (exact) mass is 359 g/mol. The Kier molecular flexibility index (Phi) is 5.49. The maximum Gasteiger partial charge on any atom is 0.410 e. The minimum absolute atomic E-state index is 0.0546. The van der Waals surface area contributed by atoms with Gasteiger partial charge in [-0.2, -0.15) is 0 Å². The Bertz CT molecular complexity index is 641. The zero-order valence-corrected chi connectivity index (χ0v) is 16.0. The van der Waals surface area contributed by atoms with Crippen LogP contribution >= 0.6 is 0 Å². The molecule has 1 aromatic heterocycles. The van der Waals surface area contributed by atoms with Gasteiger partial charge < -0.3 is 14.5 Å². The highest BCUT2D eigenvalue weighted by Gasteiger charge is 2.39. The lowest BCUT2D eigenvalue weighted by Crippen LogP contribution is -2.49. The van der Waals surface area contributed by atoms with Crippen LogP contribution in [-0.4, -0.2) is 58.1 Å². The predicted octanol–water partition coefficient (Wildman–Crippen LogP) is 3.33. The van der Waals surface area contributed by atoms with E-state index in [1.807, 2.05) is 30.6 Å². The van der Waals surface area contributed by atoms with Gasteiger partial charge >= 0.3 is 6.09 Å². The summed E-state index contributed by atoms with van der Waals surface area (Å²) in [5.41, 5.74) is 0.191. The van der Waals surface area contributed by atoms with Crippen molar-refractivity contribution in [3.63, 3.8) is 0 Å². The molecule has 0 spiro atoms. The van der Waals surface area contributed by atoms with Crippen LogP contribution in [-0.2, 0) is 4.74 Å². The molecule has 2 aliphatic rings. The van der Waals surface area contributed by atoms with Gasteiger partial charge in [-0.05, 0) is 64.5 Å². The molecule has 3 heterocycles. The van der Waals surface area contributed by atoms with Gasteiger partial charge in [-0.3, -0.25) is 9.78 Å². The zero-order chi connectivity index (χ0) is 18.7. The predicted molar refractivity (Wildman–Crippen MR) is 98.8 cm³/mol. The SMILES string of the molecule is CC(C)(C)OC(=O)N1CCC[C@H]1[C@H]1CCCN(C(=O)c2ccncc2)C1. The summed E-state index contributed by atoms with van der Waals surface area (Å²) in [5, 5.41) is 0. The van der Waals surface area contributed by atoms with Gasteiger partial charge in [0.2, 0.25) is 0 Å². The largest absolute Gasteiger partial charge is 0.444 e. The van der Waals surface area contributed by atoms with E-state index in [2.05, 4.69) is 4.98 Å². The molecular weight excluding hydrogens is 330 g/mol. The van der Waals surface area contributed by atoms with Crippen LogP contribution < -0.4 is 0 Å². The molecule has 0 aromatic carbocycles. The number of carbonyl (C=O) groups excluding carboxylic acids is 2. The minimum Gasteiger partial charge on any atom is -0.444 e. The lowest BCUT2D eigenvalue weighted by molar-refractivity contribution is 0.0127. The average molecular weight is 359 g/mol. The summed E-state index contributed by atoms with van der Waals surface area (Å²) in [7, 11) is 0. The van der Waals surface area contributed by atoms with Crippen LogP contribution in [0.4, 0.5) is 4.79 Å². The summed E-state index contributed by atoms with van der Waals surface area (Å²) >= 11 is 0. The van der Waals surface area contributed by atoms with E-state index in [0.29, 0.717) is 18.0 Å². The molecular formula is C20H29N3O3. The van der Waals surface area contributed by atoms with Gasteiger partial charge in [-0.1, -0.05) is 0 Å². The van der Waals surface area contributed by atoms with Crippen LogP contribution in [0.3, 0.4) is 0 Å². The van der Waals surface area contributed by atoms with Gasteiger partial charge in [-0.25, -0.2) is 4.79 Å². The maximum absolute atomic E-state index is 12.8. The van der Waals surface area contributed by atoms with E-state index in [1.165, 1.54) is 0 Å². The number of carbonyl (C=O) groups is 2. The van der Waals surface area contributed by atoms with Gasteiger partial charge in [-0.15, -0.1) is 0 Å². The Morgan fingerprint density at radius 3 is 2.50 bits per heavy atom. The number of ether oxygens (including phenoxy) is 1. The molecule has 0 bridgehead atoms. The average Bonchev–Trinajstić information content (AvgIpc) is 3.10. The van der Waals surface area contributed by atoms with Crippen LogP contribution in [0, 0.1) is 5.92 Å². The molecule has 0 aliphatic carbocycles. The molecule has 142 valence electrons. The van der Waals surface area contributed by atoms with E-state index in [9.17, 15) is 9.59 Å². The molecule has 6 nitrogen and oxygen atoms in total. The van der Waals surface area contributed by atoms with E-state index >= 15 is 0 Å². The standard InChI is InChI=1S/C20H29N3O3/c1-20(2,3)26-19(25)23-13-5-7-17(23)16-6-4-12-22(14-16)18(24)15-8-10-21-11-9-15/h8-11,16-17H,4-7,12-14H2,1-3H3/t16-,17-/m0/s1. The zero-order valence-electron chi connectivity index (χ0n) is 16.0. The molecule has 0 radical (unpaired) electrons. The molecule has 6 heteroatoms. The van der Waals surface area contributed by atoms with Crippen LogP contribution in [0.25, 0.3) is 0 Å². The second-order valence-electron chi connectivity index (χ2n) is 8.27. The quantitative estimate of drug-likeness (QED) is 0.812. The van der Waals surface area contributed by atoms with Gasteiger partial charge in [0, 0.05) is 43.6 Å². The smallest absolute Gasteiger partial charge is 0.410 e. The van der Waals surface area contributed by atoms with Crippen molar-refractivity contribution in [2.75, 3.05) is 19.6 Å². The number of rotatable bonds is 2. The van der Waals surface area contributed by atoms with E-state index < -0.39 is 5.60 Å². The molecule has 1 aromatic rings. The fourth-order valence-corrected chi connectivity index (χ4v) is 4.02. The molecule has 3 rings (SSSR count). The van der Waals surface area contributed by atoms with Crippen molar-refractivity contribution >= 4 is 12.0 Å². The summed E-state index contributed by atoms with van der Waals surface area (Å²) in [4.78, 5) is 33.1.